The Morgan fingerprint density at radius 3 is 2.63 bits per heavy atom. The van der Waals surface area contributed by atoms with Gasteiger partial charge in [0, 0.05) is 31.5 Å². The summed E-state index contributed by atoms with van der Waals surface area (Å²) in [6, 6.07) is 22.6. The summed E-state index contributed by atoms with van der Waals surface area (Å²) in [5, 5.41) is 2.97. The lowest BCUT2D eigenvalue weighted by molar-refractivity contribution is 0.0949. The minimum absolute atomic E-state index is 0.120. The molecule has 27 heavy (non-hydrogen) atoms. The Hall–Kier alpha value is -3.14. The van der Waals surface area contributed by atoms with Gasteiger partial charge < -0.3 is 10.2 Å². The van der Waals surface area contributed by atoms with Gasteiger partial charge in [0.1, 0.15) is 5.69 Å². The molecule has 0 spiro atoms. The molecule has 1 aliphatic heterocycles. The predicted octanol–water partition coefficient (Wildman–Crippen LogP) is 3.62. The van der Waals surface area contributed by atoms with E-state index in [1.54, 1.807) is 6.20 Å². The van der Waals surface area contributed by atoms with Gasteiger partial charge in [0.2, 0.25) is 0 Å². The summed E-state index contributed by atoms with van der Waals surface area (Å²) >= 11 is 0. The van der Waals surface area contributed by atoms with Crippen LogP contribution in [-0.4, -0.2) is 24.0 Å². The largest absolute Gasteiger partial charge is 0.367 e. The minimum atomic E-state index is -0.120. The minimum Gasteiger partial charge on any atom is -0.367 e. The lowest BCUT2D eigenvalue weighted by Crippen LogP contribution is -2.31. The van der Waals surface area contributed by atoms with Crippen LogP contribution in [0.3, 0.4) is 0 Å². The van der Waals surface area contributed by atoms with Crippen LogP contribution >= 0.6 is 0 Å². The highest BCUT2D eigenvalue weighted by Gasteiger charge is 2.17. The van der Waals surface area contributed by atoms with Crippen LogP contribution in [0.2, 0.25) is 0 Å². The first-order chi connectivity index (χ1) is 13.3. The van der Waals surface area contributed by atoms with Gasteiger partial charge in [-0.3, -0.25) is 9.78 Å². The average molecular weight is 357 g/mol. The molecular formula is C23H23N3O. The highest BCUT2D eigenvalue weighted by molar-refractivity contribution is 5.93. The first-order valence-electron chi connectivity index (χ1n) is 9.39. The Bertz CT molecular complexity index is 924. The van der Waals surface area contributed by atoms with Crippen LogP contribution in [0.15, 0.2) is 72.9 Å². The lowest BCUT2D eigenvalue weighted by Gasteiger charge is -2.30. The number of carbonyl (C=O) groups excluding carboxylic acids is 1. The second-order valence-electron chi connectivity index (χ2n) is 6.83. The van der Waals surface area contributed by atoms with Crippen molar-refractivity contribution >= 4 is 11.6 Å². The van der Waals surface area contributed by atoms with Gasteiger partial charge in [-0.25, -0.2) is 0 Å². The van der Waals surface area contributed by atoms with Crippen molar-refractivity contribution in [3.8, 4) is 0 Å². The van der Waals surface area contributed by atoms with E-state index in [-0.39, 0.29) is 5.91 Å². The Balaban J connectivity index is 1.39. The van der Waals surface area contributed by atoms with Crippen molar-refractivity contribution in [2.75, 3.05) is 18.0 Å². The Labute approximate surface area is 159 Å². The monoisotopic (exact) mass is 357 g/mol. The zero-order valence-electron chi connectivity index (χ0n) is 15.3. The number of pyridine rings is 1. The molecule has 0 saturated heterocycles. The van der Waals surface area contributed by atoms with Gasteiger partial charge in [-0.1, -0.05) is 54.6 Å². The molecule has 4 heteroatoms. The zero-order chi connectivity index (χ0) is 18.5. The van der Waals surface area contributed by atoms with Crippen molar-refractivity contribution in [2.24, 2.45) is 0 Å². The molecule has 3 aromatic rings. The molecule has 0 aliphatic carbocycles. The summed E-state index contributed by atoms with van der Waals surface area (Å²) in [7, 11) is 0. The molecule has 1 N–H and O–H groups in total. The third-order valence-electron chi connectivity index (χ3n) is 5.01. The number of aromatic nitrogens is 1. The summed E-state index contributed by atoms with van der Waals surface area (Å²) in [6.45, 7) is 2.43. The Morgan fingerprint density at radius 2 is 1.78 bits per heavy atom. The van der Waals surface area contributed by atoms with Crippen molar-refractivity contribution in [1.82, 2.24) is 10.3 Å². The van der Waals surface area contributed by atoms with Crippen molar-refractivity contribution in [1.29, 1.82) is 0 Å². The zero-order valence-corrected chi connectivity index (χ0v) is 15.3. The maximum Gasteiger partial charge on any atom is 0.269 e. The van der Waals surface area contributed by atoms with Gasteiger partial charge in [0.25, 0.3) is 5.91 Å². The van der Waals surface area contributed by atoms with Gasteiger partial charge in [0.15, 0.2) is 0 Å². The molecule has 4 nitrogen and oxygen atoms in total. The molecule has 136 valence electrons. The summed E-state index contributed by atoms with van der Waals surface area (Å²) in [6.07, 6.45) is 3.56. The van der Waals surface area contributed by atoms with Gasteiger partial charge in [-0.2, -0.15) is 0 Å². The first kappa shape index (κ1) is 17.3. The van der Waals surface area contributed by atoms with Gasteiger partial charge in [-0.05, 0) is 41.7 Å². The van der Waals surface area contributed by atoms with E-state index in [9.17, 15) is 4.79 Å². The van der Waals surface area contributed by atoms with Crippen molar-refractivity contribution < 1.29 is 4.79 Å². The van der Waals surface area contributed by atoms with E-state index in [4.69, 9.17) is 0 Å². The van der Waals surface area contributed by atoms with Crippen LogP contribution in [-0.2, 0) is 19.4 Å². The molecule has 0 unspecified atom stereocenters. The van der Waals surface area contributed by atoms with Crippen LogP contribution in [0.4, 0.5) is 5.69 Å². The third-order valence-corrected chi connectivity index (χ3v) is 5.01. The SMILES string of the molecule is O=C(NCCc1ccccc1)c1cc(N2CCc3ccccc3C2)ccn1. The molecule has 0 atom stereocenters. The normalized spacial score (nSPS) is 13.1. The number of carbonyl (C=O) groups is 1. The average Bonchev–Trinajstić information content (AvgIpc) is 2.74. The Morgan fingerprint density at radius 1 is 1.00 bits per heavy atom. The number of nitrogens with one attached hydrogen (secondary N) is 1. The van der Waals surface area contributed by atoms with Crippen molar-refractivity contribution in [2.45, 2.75) is 19.4 Å². The smallest absolute Gasteiger partial charge is 0.269 e. The van der Waals surface area contributed by atoms with Crippen LogP contribution in [0, 0.1) is 0 Å². The highest BCUT2D eigenvalue weighted by atomic mass is 16.1. The van der Waals surface area contributed by atoms with Crippen LogP contribution in [0.1, 0.15) is 27.2 Å². The van der Waals surface area contributed by atoms with E-state index in [1.807, 2.05) is 30.3 Å². The quantitative estimate of drug-likeness (QED) is 0.759. The molecule has 0 saturated carbocycles. The molecule has 1 aromatic heterocycles. The van der Waals surface area contributed by atoms with E-state index >= 15 is 0 Å². The summed E-state index contributed by atoms with van der Waals surface area (Å²) in [5.74, 6) is -0.120. The molecular weight excluding hydrogens is 334 g/mol. The standard InChI is InChI=1S/C23H23N3O/c27-23(25-13-10-18-6-2-1-3-7-18)22-16-21(11-14-24-22)26-15-12-19-8-4-5-9-20(19)17-26/h1-9,11,14,16H,10,12-13,15,17H2,(H,25,27). The van der Waals surface area contributed by atoms with Crippen LogP contribution in [0.25, 0.3) is 0 Å². The number of benzene rings is 2. The van der Waals surface area contributed by atoms with Gasteiger partial charge >= 0.3 is 0 Å². The number of amides is 1. The summed E-state index contributed by atoms with van der Waals surface area (Å²) < 4.78 is 0. The lowest BCUT2D eigenvalue weighted by atomic mass is 9.99. The molecule has 4 rings (SSSR count). The maximum absolute atomic E-state index is 12.5. The summed E-state index contributed by atoms with van der Waals surface area (Å²) in [4.78, 5) is 19.1. The molecule has 1 aliphatic rings. The van der Waals surface area contributed by atoms with Crippen LogP contribution in [0.5, 0.6) is 0 Å². The number of hydrogen-bond donors (Lipinski definition) is 1. The number of rotatable bonds is 5. The molecule has 0 radical (unpaired) electrons. The fourth-order valence-corrected chi connectivity index (χ4v) is 3.51. The predicted molar refractivity (Wildman–Crippen MR) is 108 cm³/mol. The number of nitrogens with zero attached hydrogens (tertiary/aromatic N) is 2. The topological polar surface area (TPSA) is 45.2 Å². The second-order valence-corrected chi connectivity index (χ2v) is 6.83. The molecule has 0 bridgehead atoms. The van der Waals surface area contributed by atoms with E-state index in [1.165, 1.54) is 16.7 Å². The first-order valence-corrected chi connectivity index (χ1v) is 9.39. The summed E-state index contributed by atoms with van der Waals surface area (Å²) in [5.41, 5.74) is 5.51. The molecule has 1 amide bonds. The third kappa shape index (κ3) is 4.17. The number of hydrogen-bond acceptors (Lipinski definition) is 3. The van der Waals surface area contributed by atoms with Crippen LogP contribution < -0.4 is 10.2 Å². The maximum atomic E-state index is 12.5. The van der Waals surface area contributed by atoms with Crippen molar-refractivity contribution in [3.05, 3.63) is 95.3 Å². The van der Waals surface area contributed by atoms with Gasteiger partial charge in [-0.15, -0.1) is 0 Å². The van der Waals surface area contributed by atoms with E-state index < -0.39 is 0 Å². The highest BCUT2D eigenvalue weighted by Crippen LogP contribution is 2.24. The molecule has 0 fully saturated rings. The Kier molecular flexibility index (Phi) is 5.15. The molecule has 2 aromatic carbocycles. The molecule has 2 heterocycles. The fourth-order valence-electron chi connectivity index (χ4n) is 3.51. The van der Waals surface area contributed by atoms with E-state index in [2.05, 4.69) is 51.6 Å². The van der Waals surface area contributed by atoms with E-state index in [0.717, 1.165) is 31.6 Å². The van der Waals surface area contributed by atoms with Gasteiger partial charge in [0.05, 0.1) is 0 Å². The second kappa shape index (κ2) is 8.04. The fraction of sp³-hybridized carbons (Fsp3) is 0.217. The van der Waals surface area contributed by atoms with E-state index in [0.29, 0.717) is 12.2 Å². The number of anilines is 1. The number of fused-ring (bicyclic) bond motifs is 1. The van der Waals surface area contributed by atoms with Crippen molar-refractivity contribution in [3.63, 3.8) is 0 Å².